The predicted octanol–water partition coefficient (Wildman–Crippen LogP) is 4.05. The lowest BCUT2D eigenvalue weighted by Crippen LogP contribution is -2.11. The topological polar surface area (TPSA) is 43.1 Å². The van der Waals surface area contributed by atoms with E-state index in [0.717, 1.165) is 0 Å². The fourth-order valence-corrected chi connectivity index (χ4v) is 1.74. The molecule has 0 aliphatic heterocycles. The molecule has 0 amide bonds. The molecule has 0 heterocycles. The van der Waals surface area contributed by atoms with Gasteiger partial charge in [-0.3, -0.25) is 10.1 Å². The summed E-state index contributed by atoms with van der Waals surface area (Å²) in [6, 6.07) is 4.71. The lowest BCUT2D eigenvalue weighted by molar-refractivity contribution is -0.385. The first-order valence-corrected chi connectivity index (χ1v) is 5.80. The second-order valence-electron chi connectivity index (χ2n) is 3.85. The number of nitro groups is 1. The van der Waals surface area contributed by atoms with Crippen LogP contribution in [0.15, 0.2) is 18.2 Å². The highest BCUT2D eigenvalue weighted by atomic mass is 35.5. The summed E-state index contributed by atoms with van der Waals surface area (Å²) in [5.74, 6) is 0.139. The molecule has 0 saturated heterocycles. The third kappa shape index (κ3) is 3.09. The third-order valence-corrected chi connectivity index (χ3v) is 3.39. The van der Waals surface area contributed by atoms with Crippen LogP contribution in [0.3, 0.4) is 0 Å². The highest BCUT2D eigenvalue weighted by Gasteiger charge is 2.20. The van der Waals surface area contributed by atoms with Gasteiger partial charge < -0.3 is 0 Å². The van der Waals surface area contributed by atoms with Gasteiger partial charge in [0.2, 0.25) is 0 Å². The summed E-state index contributed by atoms with van der Waals surface area (Å²) in [5, 5.41) is 11.2. The number of hydrogen-bond donors (Lipinski definition) is 0. The highest BCUT2D eigenvalue weighted by molar-refractivity contribution is 6.31. The Morgan fingerprint density at radius 2 is 2.06 bits per heavy atom. The number of nitro benzene ring substituents is 1. The van der Waals surface area contributed by atoms with Crippen molar-refractivity contribution in [1.29, 1.82) is 0 Å². The normalized spacial score (nSPS) is 14.5. The van der Waals surface area contributed by atoms with E-state index in [4.69, 9.17) is 23.2 Å². The SMILES string of the molecule is CC(Cl)C(C)Cc1c(Cl)cccc1[N+](=O)[O-]. The van der Waals surface area contributed by atoms with E-state index >= 15 is 0 Å². The van der Waals surface area contributed by atoms with Gasteiger partial charge in [-0.15, -0.1) is 11.6 Å². The van der Waals surface area contributed by atoms with E-state index in [1.807, 2.05) is 13.8 Å². The summed E-state index contributed by atoms with van der Waals surface area (Å²) in [6.45, 7) is 3.82. The smallest absolute Gasteiger partial charge is 0.258 e. The first-order valence-electron chi connectivity index (χ1n) is 4.99. The molecule has 3 nitrogen and oxygen atoms in total. The predicted molar refractivity (Wildman–Crippen MR) is 66.3 cm³/mol. The Labute approximate surface area is 105 Å². The van der Waals surface area contributed by atoms with Crippen LogP contribution in [0.1, 0.15) is 19.4 Å². The molecule has 1 aromatic carbocycles. The van der Waals surface area contributed by atoms with Crippen LogP contribution in [-0.4, -0.2) is 10.3 Å². The molecule has 0 aliphatic carbocycles. The second kappa shape index (κ2) is 5.51. The van der Waals surface area contributed by atoms with Crippen LogP contribution in [0.2, 0.25) is 5.02 Å². The average molecular weight is 262 g/mol. The average Bonchev–Trinajstić information content (AvgIpc) is 2.20. The van der Waals surface area contributed by atoms with Crippen LogP contribution in [0, 0.1) is 16.0 Å². The molecule has 1 aromatic rings. The summed E-state index contributed by atoms with van der Waals surface area (Å²) in [4.78, 5) is 10.4. The van der Waals surface area contributed by atoms with Crippen LogP contribution in [0.4, 0.5) is 5.69 Å². The summed E-state index contributed by atoms with van der Waals surface area (Å²) >= 11 is 11.9. The van der Waals surface area contributed by atoms with Crippen molar-refractivity contribution in [1.82, 2.24) is 0 Å². The molecule has 0 N–H and O–H groups in total. The van der Waals surface area contributed by atoms with Crippen LogP contribution in [-0.2, 0) is 6.42 Å². The molecule has 88 valence electrons. The van der Waals surface area contributed by atoms with Gasteiger partial charge in [0, 0.05) is 17.0 Å². The molecule has 5 heteroatoms. The Balaban J connectivity index is 3.06. The minimum atomic E-state index is -0.410. The molecule has 16 heavy (non-hydrogen) atoms. The molecule has 0 saturated carbocycles. The maximum absolute atomic E-state index is 10.8. The zero-order valence-corrected chi connectivity index (χ0v) is 10.6. The number of alkyl halides is 1. The second-order valence-corrected chi connectivity index (χ2v) is 4.95. The van der Waals surface area contributed by atoms with E-state index in [1.54, 1.807) is 12.1 Å². The van der Waals surface area contributed by atoms with Crippen molar-refractivity contribution in [2.75, 3.05) is 0 Å². The fourth-order valence-electron chi connectivity index (χ4n) is 1.40. The molecule has 2 atom stereocenters. The molecular weight excluding hydrogens is 249 g/mol. The summed E-state index contributed by atoms with van der Waals surface area (Å²) in [6.07, 6.45) is 0.515. The number of benzene rings is 1. The van der Waals surface area contributed by atoms with E-state index in [1.165, 1.54) is 6.07 Å². The highest BCUT2D eigenvalue weighted by Crippen LogP contribution is 2.30. The summed E-state index contributed by atoms with van der Waals surface area (Å²) < 4.78 is 0. The van der Waals surface area contributed by atoms with E-state index in [2.05, 4.69) is 0 Å². The lowest BCUT2D eigenvalue weighted by atomic mass is 9.97. The van der Waals surface area contributed by atoms with Gasteiger partial charge >= 0.3 is 0 Å². The molecule has 0 radical (unpaired) electrons. The first kappa shape index (κ1) is 13.3. The summed E-state index contributed by atoms with van der Waals surface area (Å²) in [7, 11) is 0. The van der Waals surface area contributed by atoms with E-state index in [0.29, 0.717) is 17.0 Å². The lowest BCUT2D eigenvalue weighted by Gasteiger charge is -2.14. The third-order valence-electron chi connectivity index (χ3n) is 2.60. The summed E-state index contributed by atoms with van der Waals surface area (Å²) in [5.41, 5.74) is 0.630. The molecule has 0 spiro atoms. The fraction of sp³-hybridized carbons (Fsp3) is 0.455. The number of rotatable bonds is 4. The molecule has 0 aromatic heterocycles. The van der Waals surface area contributed by atoms with Crippen molar-refractivity contribution in [2.45, 2.75) is 25.6 Å². The van der Waals surface area contributed by atoms with Gasteiger partial charge in [-0.25, -0.2) is 0 Å². The largest absolute Gasteiger partial charge is 0.274 e. The standard InChI is InChI=1S/C11H13Cl2NO2/c1-7(8(2)12)6-9-10(13)4-3-5-11(9)14(15)16/h3-5,7-8H,6H2,1-2H3. The maximum atomic E-state index is 10.8. The maximum Gasteiger partial charge on any atom is 0.274 e. The molecule has 2 unspecified atom stereocenters. The van der Waals surface area contributed by atoms with E-state index in [9.17, 15) is 10.1 Å². The zero-order valence-electron chi connectivity index (χ0n) is 9.11. The molecule has 0 aliphatic rings. The van der Waals surface area contributed by atoms with E-state index < -0.39 is 4.92 Å². The molecule has 0 fully saturated rings. The van der Waals surface area contributed by atoms with Gasteiger partial charge in [0.15, 0.2) is 0 Å². The van der Waals surface area contributed by atoms with Crippen molar-refractivity contribution in [3.63, 3.8) is 0 Å². The minimum absolute atomic E-state index is 0.0455. The molecule has 0 bridgehead atoms. The van der Waals surface area contributed by atoms with Gasteiger partial charge in [-0.1, -0.05) is 24.6 Å². The van der Waals surface area contributed by atoms with Crippen molar-refractivity contribution in [3.8, 4) is 0 Å². The van der Waals surface area contributed by atoms with Crippen LogP contribution < -0.4 is 0 Å². The number of nitrogens with zero attached hydrogens (tertiary/aromatic N) is 1. The van der Waals surface area contributed by atoms with Gasteiger partial charge in [-0.05, 0) is 25.3 Å². The molecular formula is C11H13Cl2NO2. The van der Waals surface area contributed by atoms with Gasteiger partial charge in [0.25, 0.3) is 5.69 Å². The van der Waals surface area contributed by atoms with Gasteiger partial charge in [-0.2, -0.15) is 0 Å². The van der Waals surface area contributed by atoms with Gasteiger partial charge in [0.1, 0.15) is 0 Å². The Kier molecular flexibility index (Phi) is 4.56. The van der Waals surface area contributed by atoms with Crippen molar-refractivity contribution in [3.05, 3.63) is 38.9 Å². The Morgan fingerprint density at radius 3 is 2.56 bits per heavy atom. The van der Waals surface area contributed by atoms with Crippen molar-refractivity contribution >= 4 is 28.9 Å². The Bertz CT molecular complexity index is 394. The van der Waals surface area contributed by atoms with Crippen LogP contribution >= 0.6 is 23.2 Å². The van der Waals surface area contributed by atoms with Crippen LogP contribution in [0.5, 0.6) is 0 Å². The number of hydrogen-bond acceptors (Lipinski definition) is 2. The Morgan fingerprint density at radius 1 is 1.44 bits per heavy atom. The minimum Gasteiger partial charge on any atom is -0.258 e. The van der Waals surface area contributed by atoms with Crippen LogP contribution in [0.25, 0.3) is 0 Å². The monoisotopic (exact) mass is 261 g/mol. The Hall–Kier alpha value is -0.800. The quantitative estimate of drug-likeness (QED) is 0.466. The number of halogens is 2. The van der Waals surface area contributed by atoms with Crippen molar-refractivity contribution in [2.24, 2.45) is 5.92 Å². The first-order chi connectivity index (χ1) is 7.43. The van der Waals surface area contributed by atoms with Gasteiger partial charge in [0.05, 0.1) is 9.95 Å². The zero-order chi connectivity index (χ0) is 12.3. The van der Waals surface area contributed by atoms with E-state index in [-0.39, 0.29) is 17.0 Å². The van der Waals surface area contributed by atoms with Crippen molar-refractivity contribution < 1.29 is 4.92 Å². The molecule has 1 rings (SSSR count).